The van der Waals surface area contributed by atoms with Crippen LogP contribution in [-0.4, -0.2) is 23.1 Å². The molecule has 0 bridgehead atoms. The number of nitrogens with zero attached hydrogens (tertiary/aromatic N) is 1. The molecular weight excluding hydrogens is 396 g/mol. The first-order valence-corrected chi connectivity index (χ1v) is 10.5. The van der Waals surface area contributed by atoms with E-state index in [-0.39, 0.29) is 11.6 Å². The molecule has 30 heavy (non-hydrogen) atoms. The highest BCUT2D eigenvalue weighted by Gasteiger charge is 2.13. The van der Waals surface area contributed by atoms with Gasteiger partial charge in [0.2, 0.25) is 0 Å². The van der Waals surface area contributed by atoms with Crippen molar-refractivity contribution in [1.29, 1.82) is 0 Å². The summed E-state index contributed by atoms with van der Waals surface area (Å²) in [4.78, 5) is 24.7. The van der Waals surface area contributed by atoms with E-state index in [4.69, 9.17) is 0 Å². The normalized spacial score (nSPS) is 11.2. The third kappa shape index (κ3) is 6.06. The first-order valence-electron chi connectivity index (χ1n) is 9.52. The second kappa shape index (κ2) is 10.4. The molecule has 0 aliphatic heterocycles. The van der Waals surface area contributed by atoms with Gasteiger partial charge in [-0.1, -0.05) is 60.2 Å². The molecule has 0 unspecified atom stereocenters. The average Bonchev–Trinajstić information content (AvgIpc) is 2.77. The van der Waals surface area contributed by atoms with Crippen LogP contribution in [-0.2, 0) is 4.79 Å². The van der Waals surface area contributed by atoms with Crippen molar-refractivity contribution >= 4 is 35.0 Å². The topological polar surface area (TPSA) is 72.2 Å². The summed E-state index contributed by atoms with van der Waals surface area (Å²) in [6.07, 6.45) is 1.69. The number of thioether (sulfide) groups is 1. The fourth-order valence-electron chi connectivity index (χ4n) is 2.86. The van der Waals surface area contributed by atoms with Gasteiger partial charge in [0.25, 0.3) is 11.6 Å². The Bertz CT molecular complexity index is 1050. The first kappa shape index (κ1) is 21.3. The monoisotopic (exact) mass is 418 g/mol. The smallest absolute Gasteiger partial charge is 0.270 e. The van der Waals surface area contributed by atoms with Crippen molar-refractivity contribution in [3.63, 3.8) is 0 Å². The molecule has 0 aliphatic rings. The molecule has 0 saturated carbocycles. The van der Waals surface area contributed by atoms with E-state index in [1.54, 1.807) is 30.0 Å². The molecular formula is C24H22N2O3S. The fourth-order valence-corrected chi connectivity index (χ4v) is 3.62. The summed E-state index contributed by atoms with van der Waals surface area (Å²) in [5, 5.41) is 14.0. The van der Waals surface area contributed by atoms with Gasteiger partial charge in [0, 0.05) is 34.9 Å². The molecule has 0 fully saturated rings. The van der Waals surface area contributed by atoms with Crippen LogP contribution in [0.25, 0.3) is 11.6 Å². The highest BCUT2D eigenvalue weighted by Crippen LogP contribution is 2.22. The van der Waals surface area contributed by atoms with Gasteiger partial charge in [-0.25, -0.2) is 0 Å². The van der Waals surface area contributed by atoms with E-state index < -0.39 is 4.92 Å². The van der Waals surface area contributed by atoms with Crippen molar-refractivity contribution in [2.24, 2.45) is 0 Å². The van der Waals surface area contributed by atoms with E-state index in [2.05, 4.69) is 29.6 Å². The molecule has 1 N–H and O–H groups in total. The molecule has 6 heteroatoms. The minimum absolute atomic E-state index is 0.00827. The molecule has 0 spiro atoms. The number of non-ortho nitro benzene ring substituents is 1. The van der Waals surface area contributed by atoms with Crippen LogP contribution in [0, 0.1) is 17.0 Å². The molecule has 0 aromatic heterocycles. The SMILES string of the molecule is Cc1ccc(SCCNC(=O)/C(=C/c2cccc([N+](=O)[O-])c2)c2ccccc2)cc1. The number of benzene rings is 3. The second-order valence-corrected chi connectivity index (χ2v) is 7.86. The van der Waals surface area contributed by atoms with E-state index in [1.165, 1.54) is 17.7 Å². The van der Waals surface area contributed by atoms with Gasteiger partial charge in [-0.05, 0) is 36.3 Å². The van der Waals surface area contributed by atoms with Gasteiger partial charge in [0.1, 0.15) is 0 Å². The Balaban J connectivity index is 1.72. The largest absolute Gasteiger partial charge is 0.351 e. The van der Waals surface area contributed by atoms with Crippen molar-refractivity contribution in [3.8, 4) is 0 Å². The predicted molar refractivity (Wildman–Crippen MR) is 122 cm³/mol. The quantitative estimate of drug-likeness (QED) is 0.134. The highest BCUT2D eigenvalue weighted by atomic mass is 32.2. The minimum atomic E-state index is -0.443. The molecule has 0 saturated heterocycles. The van der Waals surface area contributed by atoms with Crippen LogP contribution in [0.2, 0.25) is 0 Å². The molecule has 0 aliphatic carbocycles. The Hall–Kier alpha value is -3.38. The van der Waals surface area contributed by atoms with Crippen LogP contribution in [0.15, 0.2) is 83.8 Å². The van der Waals surface area contributed by atoms with E-state index >= 15 is 0 Å². The Kier molecular flexibility index (Phi) is 7.40. The lowest BCUT2D eigenvalue weighted by atomic mass is 10.0. The lowest BCUT2D eigenvalue weighted by Gasteiger charge is -2.10. The van der Waals surface area contributed by atoms with E-state index in [1.807, 2.05) is 37.3 Å². The molecule has 5 nitrogen and oxygen atoms in total. The summed E-state index contributed by atoms with van der Waals surface area (Å²) >= 11 is 1.68. The summed E-state index contributed by atoms with van der Waals surface area (Å²) < 4.78 is 0. The van der Waals surface area contributed by atoms with Crippen LogP contribution < -0.4 is 5.32 Å². The zero-order valence-electron chi connectivity index (χ0n) is 16.6. The van der Waals surface area contributed by atoms with Crippen molar-refractivity contribution in [2.45, 2.75) is 11.8 Å². The number of hydrogen-bond donors (Lipinski definition) is 1. The second-order valence-electron chi connectivity index (χ2n) is 6.69. The van der Waals surface area contributed by atoms with Crippen LogP contribution in [0.5, 0.6) is 0 Å². The number of amides is 1. The van der Waals surface area contributed by atoms with E-state index in [0.29, 0.717) is 17.7 Å². The Labute approximate surface area is 180 Å². The van der Waals surface area contributed by atoms with Gasteiger partial charge in [-0.3, -0.25) is 14.9 Å². The maximum absolute atomic E-state index is 12.9. The Morgan fingerprint density at radius 2 is 1.77 bits per heavy atom. The molecule has 1 amide bonds. The molecule has 3 aromatic carbocycles. The number of carbonyl (C=O) groups is 1. The van der Waals surface area contributed by atoms with Gasteiger partial charge < -0.3 is 5.32 Å². The van der Waals surface area contributed by atoms with Gasteiger partial charge >= 0.3 is 0 Å². The maximum atomic E-state index is 12.9. The molecule has 3 aromatic rings. The number of aryl methyl sites for hydroxylation is 1. The molecule has 3 rings (SSSR count). The lowest BCUT2D eigenvalue weighted by Crippen LogP contribution is -2.26. The van der Waals surface area contributed by atoms with Gasteiger partial charge in [0.15, 0.2) is 0 Å². The van der Waals surface area contributed by atoms with Crippen LogP contribution >= 0.6 is 11.8 Å². The summed E-state index contributed by atoms with van der Waals surface area (Å²) in [6.45, 7) is 2.56. The standard InChI is InChI=1S/C24H22N2O3S/c1-18-10-12-22(13-11-18)30-15-14-25-24(27)23(20-7-3-2-4-8-20)17-19-6-5-9-21(16-19)26(28)29/h2-13,16-17H,14-15H2,1H3,(H,25,27)/b23-17+. The van der Waals surface area contributed by atoms with Crippen LogP contribution in [0.1, 0.15) is 16.7 Å². The number of carbonyl (C=O) groups excluding carboxylic acids is 1. The molecule has 0 radical (unpaired) electrons. The Morgan fingerprint density at radius 3 is 2.47 bits per heavy atom. The third-order valence-electron chi connectivity index (χ3n) is 4.40. The van der Waals surface area contributed by atoms with Gasteiger partial charge in [-0.2, -0.15) is 0 Å². The van der Waals surface area contributed by atoms with Gasteiger partial charge in [-0.15, -0.1) is 11.8 Å². The zero-order chi connectivity index (χ0) is 21.3. The Morgan fingerprint density at radius 1 is 1.03 bits per heavy atom. The van der Waals surface area contributed by atoms with Crippen molar-refractivity contribution < 1.29 is 9.72 Å². The number of nitro benzene ring substituents is 1. The summed E-state index contributed by atoms with van der Waals surface area (Å²) in [5.74, 6) is 0.533. The van der Waals surface area contributed by atoms with Gasteiger partial charge in [0.05, 0.1) is 4.92 Å². The summed E-state index contributed by atoms with van der Waals surface area (Å²) in [6, 6.07) is 23.8. The fraction of sp³-hybridized carbons (Fsp3) is 0.125. The first-order chi connectivity index (χ1) is 14.5. The van der Waals surface area contributed by atoms with Crippen molar-refractivity contribution in [2.75, 3.05) is 12.3 Å². The van der Waals surface area contributed by atoms with Crippen LogP contribution in [0.3, 0.4) is 0 Å². The van der Waals surface area contributed by atoms with E-state index in [9.17, 15) is 14.9 Å². The molecule has 0 atom stereocenters. The van der Waals surface area contributed by atoms with Crippen molar-refractivity contribution in [1.82, 2.24) is 5.32 Å². The molecule has 0 heterocycles. The van der Waals surface area contributed by atoms with Crippen molar-refractivity contribution in [3.05, 3.63) is 106 Å². The van der Waals surface area contributed by atoms with Crippen LogP contribution in [0.4, 0.5) is 5.69 Å². The number of nitro groups is 1. The average molecular weight is 419 g/mol. The van der Waals surface area contributed by atoms with E-state index in [0.717, 1.165) is 16.2 Å². The minimum Gasteiger partial charge on any atom is -0.351 e. The third-order valence-corrected chi connectivity index (χ3v) is 5.41. The lowest BCUT2D eigenvalue weighted by molar-refractivity contribution is -0.384. The zero-order valence-corrected chi connectivity index (χ0v) is 17.4. The predicted octanol–water partition coefficient (Wildman–Crippen LogP) is 5.35. The maximum Gasteiger partial charge on any atom is 0.270 e. The summed E-state index contributed by atoms with van der Waals surface area (Å²) in [5.41, 5.74) is 3.04. The number of hydrogen-bond acceptors (Lipinski definition) is 4. The summed E-state index contributed by atoms with van der Waals surface area (Å²) in [7, 11) is 0. The highest BCUT2D eigenvalue weighted by molar-refractivity contribution is 7.99. The number of rotatable bonds is 8. The number of nitrogens with one attached hydrogen (secondary N) is 1. The molecule has 152 valence electrons.